The van der Waals surface area contributed by atoms with E-state index in [0.717, 1.165) is 32.2 Å². The molecule has 0 amide bonds. The molecule has 0 bridgehead atoms. The van der Waals surface area contributed by atoms with Crippen LogP contribution in [-0.2, 0) is 0 Å². The van der Waals surface area contributed by atoms with E-state index in [1.165, 1.54) is 0 Å². The molecule has 0 radical (unpaired) electrons. The second-order valence-electron chi connectivity index (χ2n) is 3.96. The van der Waals surface area contributed by atoms with E-state index < -0.39 is 0 Å². The highest BCUT2D eigenvalue weighted by molar-refractivity contribution is 4.65. The molecule has 0 heterocycles. The SMILES string of the molecule is CCC(CCO)CNC(C)CCCO. The molecule has 0 aromatic heterocycles. The molecule has 86 valence electrons. The fraction of sp³-hybridized carbons (Fsp3) is 1.00. The van der Waals surface area contributed by atoms with E-state index in [9.17, 15) is 0 Å². The van der Waals surface area contributed by atoms with E-state index in [1.807, 2.05) is 0 Å². The zero-order chi connectivity index (χ0) is 10.8. The first-order chi connectivity index (χ1) is 6.74. The lowest BCUT2D eigenvalue weighted by Crippen LogP contribution is -2.31. The summed E-state index contributed by atoms with van der Waals surface area (Å²) in [6, 6.07) is 0.467. The van der Waals surface area contributed by atoms with Gasteiger partial charge in [0.1, 0.15) is 0 Å². The number of aliphatic hydroxyl groups is 2. The molecule has 0 aliphatic rings. The summed E-state index contributed by atoms with van der Waals surface area (Å²) in [6.45, 7) is 5.83. The minimum Gasteiger partial charge on any atom is -0.396 e. The number of rotatable bonds is 9. The van der Waals surface area contributed by atoms with Crippen LogP contribution in [0, 0.1) is 5.92 Å². The van der Waals surface area contributed by atoms with Crippen molar-refractivity contribution in [3.63, 3.8) is 0 Å². The van der Waals surface area contributed by atoms with Crippen molar-refractivity contribution in [1.29, 1.82) is 0 Å². The fourth-order valence-corrected chi connectivity index (χ4v) is 1.50. The van der Waals surface area contributed by atoms with E-state index in [2.05, 4.69) is 19.2 Å². The molecule has 0 aliphatic carbocycles. The Bertz CT molecular complexity index is 120. The highest BCUT2D eigenvalue weighted by atomic mass is 16.3. The average Bonchev–Trinajstić information content (AvgIpc) is 2.21. The van der Waals surface area contributed by atoms with Gasteiger partial charge < -0.3 is 15.5 Å². The molecule has 2 unspecified atom stereocenters. The molecule has 0 saturated carbocycles. The van der Waals surface area contributed by atoms with Gasteiger partial charge in [-0.3, -0.25) is 0 Å². The Hall–Kier alpha value is -0.120. The molecule has 0 saturated heterocycles. The molecular formula is C11H25NO2. The third-order valence-electron chi connectivity index (χ3n) is 2.66. The summed E-state index contributed by atoms with van der Waals surface area (Å²) in [4.78, 5) is 0. The van der Waals surface area contributed by atoms with Crippen LogP contribution in [0.5, 0.6) is 0 Å². The second-order valence-corrected chi connectivity index (χ2v) is 3.96. The zero-order valence-corrected chi connectivity index (χ0v) is 9.50. The Kier molecular flexibility index (Phi) is 9.35. The smallest absolute Gasteiger partial charge is 0.0434 e. The van der Waals surface area contributed by atoms with Crippen molar-refractivity contribution < 1.29 is 10.2 Å². The van der Waals surface area contributed by atoms with Crippen LogP contribution in [0.2, 0.25) is 0 Å². The lowest BCUT2D eigenvalue weighted by atomic mass is 10.0. The number of aliphatic hydroxyl groups excluding tert-OH is 2. The van der Waals surface area contributed by atoms with Crippen LogP contribution in [0.15, 0.2) is 0 Å². The minimum atomic E-state index is 0.278. The molecule has 2 atom stereocenters. The van der Waals surface area contributed by atoms with E-state index in [0.29, 0.717) is 12.0 Å². The quantitative estimate of drug-likeness (QED) is 0.527. The van der Waals surface area contributed by atoms with Gasteiger partial charge in [0, 0.05) is 19.3 Å². The highest BCUT2D eigenvalue weighted by Crippen LogP contribution is 2.06. The molecular weight excluding hydrogens is 178 g/mol. The van der Waals surface area contributed by atoms with Gasteiger partial charge in [-0.2, -0.15) is 0 Å². The average molecular weight is 203 g/mol. The molecule has 3 N–H and O–H groups in total. The van der Waals surface area contributed by atoms with E-state index in [4.69, 9.17) is 10.2 Å². The summed E-state index contributed by atoms with van der Waals surface area (Å²) in [7, 11) is 0. The van der Waals surface area contributed by atoms with E-state index >= 15 is 0 Å². The van der Waals surface area contributed by atoms with E-state index in [1.54, 1.807) is 0 Å². The van der Waals surface area contributed by atoms with Crippen LogP contribution in [0.3, 0.4) is 0 Å². The van der Waals surface area contributed by atoms with Crippen LogP contribution in [0.4, 0.5) is 0 Å². The van der Waals surface area contributed by atoms with Crippen LogP contribution in [-0.4, -0.2) is 36.0 Å². The van der Waals surface area contributed by atoms with Gasteiger partial charge in [0.15, 0.2) is 0 Å². The Morgan fingerprint density at radius 1 is 1.14 bits per heavy atom. The maximum atomic E-state index is 8.81. The molecule has 3 nitrogen and oxygen atoms in total. The van der Waals surface area contributed by atoms with Crippen LogP contribution in [0.1, 0.15) is 39.5 Å². The van der Waals surface area contributed by atoms with Gasteiger partial charge in [-0.25, -0.2) is 0 Å². The van der Waals surface area contributed by atoms with Gasteiger partial charge in [-0.15, -0.1) is 0 Å². The summed E-state index contributed by atoms with van der Waals surface area (Å²) < 4.78 is 0. The third-order valence-corrected chi connectivity index (χ3v) is 2.66. The predicted molar refractivity (Wildman–Crippen MR) is 59.3 cm³/mol. The first-order valence-electron chi connectivity index (χ1n) is 5.69. The molecule has 14 heavy (non-hydrogen) atoms. The zero-order valence-electron chi connectivity index (χ0n) is 9.50. The first kappa shape index (κ1) is 13.9. The summed E-state index contributed by atoms with van der Waals surface area (Å²) in [5, 5.41) is 20.9. The summed E-state index contributed by atoms with van der Waals surface area (Å²) in [6.07, 6.45) is 3.88. The number of hydrogen-bond acceptors (Lipinski definition) is 3. The van der Waals surface area contributed by atoms with Crippen molar-refractivity contribution in [1.82, 2.24) is 5.32 Å². The fourth-order valence-electron chi connectivity index (χ4n) is 1.50. The van der Waals surface area contributed by atoms with Gasteiger partial charge in [0.05, 0.1) is 0 Å². The van der Waals surface area contributed by atoms with Crippen molar-refractivity contribution in [2.45, 2.75) is 45.6 Å². The largest absolute Gasteiger partial charge is 0.396 e. The van der Waals surface area contributed by atoms with Crippen molar-refractivity contribution >= 4 is 0 Å². The van der Waals surface area contributed by atoms with Crippen LogP contribution >= 0.6 is 0 Å². The van der Waals surface area contributed by atoms with Gasteiger partial charge >= 0.3 is 0 Å². The number of hydrogen-bond donors (Lipinski definition) is 3. The predicted octanol–water partition coefficient (Wildman–Crippen LogP) is 1.15. The number of nitrogens with one attached hydrogen (secondary N) is 1. The van der Waals surface area contributed by atoms with Gasteiger partial charge in [0.25, 0.3) is 0 Å². The topological polar surface area (TPSA) is 52.5 Å². The third kappa shape index (κ3) is 7.30. The lowest BCUT2D eigenvalue weighted by Gasteiger charge is -2.18. The van der Waals surface area contributed by atoms with Crippen LogP contribution < -0.4 is 5.32 Å². The maximum absolute atomic E-state index is 8.81. The Labute approximate surface area is 87.5 Å². The van der Waals surface area contributed by atoms with Crippen LogP contribution in [0.25, 0.3) is 0 Å². The molecule has 0 spiro atoms. The van der Waals surface area contributed by atoms with Crippen molar-refractivity contribution in [3.8, 4) is 0 Å². The standard InChI is InChI=1S/C11H25NO2/c1-3-11(6-8-14)9-12-10(2)5-4-7-13/h10-14H,3-9H2,1-2H3. The first-order valence-corrected chi connectivity index (χ1v) is 5.69. The van der Waals surface area contributed by atoms with Crippen molar-refractivity contribution in [2.24, 2.45) is 5.92 Å². The van der Waals surface area contributed by atoms with Gasteiger partial charge in [-0.05, 0) is 38.6 Å². The molecule has 0 aliphatic heterocycles. The Balaban J connectivity index is 3.46. The molecule has 0 rings (SSSR count). The van der Waals surface area contributed by atoms with Gasteiger partial charge in [0.2, 0.25) is 0 Å². The molecule has 0 aromatic carbocycles. The van der Waals surface area contributed by atoms with Crippen molar-refractivity contribution in [2.75, 3.05) is 19.8 Å². The lowest BCUT2D eigenvalue weighted by molar-refractivity contribution is 0.245. The highest BCUT2D eigenvalue weighted by Gasteiger charge is 2.07. The Morgan fingerprint density at radius 3 is 2.36 bits per heavy atom. The minimum absolute atomic E-state index is 0.278. The van der Waals surface area contributed by atoms with Gasteiger partial charge in [-0.1, -0.05) is 13.3 Å². The van der Waals surface area contributed by atoms with E-state index in [-0.39, 0.29) is 13.2 Å². The summed E-state index contributed by atoms with van der Waals surface area (Å²) >= 11 is 0. The van der Waals surface area contributed by atoms with Crippen molar-refractivity contribution in [3.05, 3.63) is 0 Å². The molecule has 0 aromatic rings. The Morgan fingerprint density at radius 2 is 1.86 bits per heavy atom. The summed E-state index contributed by atoms with van der Waals surface area (Å²) in [5.41, 5.74) is 0. The molecule has 0 fully saturated rings. The molecule has 3 heteroatoms. The second kappa shape index (κ2) is 9.44. The normalized spacial score (nSPS) is 15.4. The monoisotopic (exact) mass is 203 g/mol. The summed E-state index contributed by atoms with van der Waals surface area (Å²) in [5.74, 6) is 0.580. The maximum Gasteiger partial charge on any atom is 0.0434 e.